The van der Waals surface area contributed by atoms with Crippen molar-refractivity contribution in [3.05, 3.63) is 23.8 Å². The predicted molar refractivity (Wildman–Crippen MR) is 105 cm³/mol. The standard InChI is InChI=1S/C20H32BF2NO3/c1-13(2)11-20(7,24)12-25-16-9-8-14(10-15(16)17(22)23)21-26-18(3,4)19(5,6)27-21/h8-10,13,17H,11-12,24H2,1-7H3. The molecule has 0 aliphatic carbocycles. The second kappa shape index (κ2) is 7.68. The molecule has 7 heteroatoms. The Kier molecular flexibility index (Phi) is 6.29. The molecule has 1 aliphatic rings. The zero-order valence-corrected chi connectivity index (χ0v) is 17.4. The van der Waals surface area contributed by atoms with Crippen LogP contribution in [0.3, 0.4) is 0 Å². The third-order valence-corrected chi connectivity index (χ3v) is 5.23. The summed E-state index contributed by atoms with van der Waals surface area (Å²) in [5, 5.41) is 0. The van der Waals surface area contributed by atoms with Crippen molar-refractivity contribution in [2.24, 2.45) is 11.7 Å². The van der Waals surface area contributed by atoms with Gasteiger partial charge in [0, 0.05) is 5.54 Å². The van der Waals surface area contributed by atoms with Crippen LogP contribution < -0.4 is 15.9 Å². The van der Waals surface area contributed by atoms with E-state index in [2.05, 4.69) is 13.8 Å². The van der Waals surface area contributed by atoms with Gasteiger partial charge < -0.3 is 19.8 Å². The molecule has 27 heavy (non-hydrogen) atoms. The molecule has 1 fully saturated rings. The van der Waals surface area contributed by atoms with Gasteiger partial charge in [-0.05, 0) is 64.6 Å². The number of alkyl halides is 2. The lowest BCUT2D eigenvalue weighted by Gasteiger charge is -2.32. The maximum atomic E-state index is 13.6. The first kappa shape index (κ1) is 22.1. The van der Waals surface area contributed by atoms with Crippen LogP contribution in [0.25, 0.3) is 0 Å². The van der Waals surface area contributed by atoms with Gasteiger partial charge >= 0.3 is 7.12 Å². The van der Waals surface area contributed by atoms with E-state index in [1.807, 2.05) is 34.6 Å². The van der Waals surface area contributed by atoms with E-state index in [4.69, 9.17) is 19.8 Å². The first-order valence-electron chi connectivity index (χ1n) is 9.43. The third-order valence-electron chi connectivity index (χ3n) is 5.23. The van der Waals surface area contributed by atoms with E-state index in [-0.39, 0.29) is 17.9 Å². The number of benzene rings is 1. The molecule has 4 nitrogen and oxygen atoms in total. The molecule has 1 aliphatic heterocycles. The molecular weight excluding hydrogens is 351 g/mol. The SMILES string of the molecule is CC(C)CC(C)(N)COc1ccc(B2OC(C)(C)C(C)(C)O2)cc1C(F)F. The van der Waals surface area contributed by atoms with Gasteiger partial charge in [-0.2, -0.15) is 0 Å². The van der Waals surface area contributed by atoms with Gasteiger partial charge in [0.15, 0.2) is 0 Å². The Hall–Kier alpha value is -1.18. The zero-order chi connectivity index (χ0) is 20.6. The molecule has 0 saturated carbocycles. The molecule has 1 atom stereocenters. The molecule has 1 heterocycles. The molecule has 0 amide bonds. The van der Waals surface area contributed by atoms with Crippen LogP contribution >= 0.6 is 0 Å². The number of hydrogen-bond acceptors (Lipinski definition) is 4. The number of ether oxygens (including phenoxy) is 1. The zero-order valence-electron chi connectivity index (χ0n) is 17.4. The van der Waals surface area contributed by atoms with E-state index in [9.17, 15) is 8.78 Å². The van der Waals surface area contributed by atoms with Crippen LogP contribution in [0, 0.1) is 5.92 Å². The third kappa shape index (κ3) is 5.21. The van der Waals surface area contributed by atoms with Crippen LogP contribution in [0.2, 0.25) is 0 Å². The predicted octanol–water partition coefficient (Wildman–Crippen LogP) is 4.07. The summed E-state index contributed by atoms with van der Waals surface area (Å²) in [6.07, 6.45) is -1.93. The number of nitrogens with two attached hydrogens (primary N) is 1. The summed E-state index contributed by atoms with van der Waals surface area (Å²) in [4.78, 5) is 0. The van der Waals surface area contributed by atoms with Gasteiger partial charge in [-0.3, -0.25) is 0 Å². The number of hydrogen-bond donors (Lipinski definition) is 1. The topological polar surface area (TPSA) is 53.7 Å². The van der Waals surface area contributed by atoms with E-state index in [0.29, 0.717) is 11.4 Å². The second-order valence-electron chi connectivity index (χ2n) is 9.23. The molecular formula is C20H32BF2NO3. The van der Waals surface area contributed by atoms with Crippen molar-refractivity contribution in [1.29, 1.82) is 0 Å². The van der Waals surface area contributed by atoms with Crippen LogP contribution in [0.5, 0.6) is 5.75 Å². The average molecular weight is 383 g/mol. The molecule has 1 aromatic rings. The highest BCUT2D eigenvalue weighted by Gasteiger charge is 2.51. The minimum atomic E-state index is -2.67. The Morgan fingerprint density at radius 2 is 1.70 bits per heavy atom. The Morgan fingerprint density at radius 3 is 2.19 bits per heavy atom. The minimum absolute atomic E-state index is 0.144. The number of halogens is 2. The van der Waals surface area contributed by atoms with Crippen LogP contribution in [0.1, 0.15) is 66.9 Å². The lowest BCUT2D eigenvalue weighted by molar-refractivity contribution is 0.00578. The molecule has 2 N–H and O–H groups in total. The van der Waals surface area contributed by atoms with Crippen LogP contribution in [0.4, 0.5) is 8.78 Å². The Morgan fingerprint density at radius 1 is 1.15 bits per heavy atom. The van der Waals surface area contributed by atoms with Crippen molar-refractivity contribution in [1.82, 2.24) is 0 Å². The highest BCUT2D eigenvalue weighted by molar-refractivity contribution is 6.62. The van der Waals surface area contributed by atoms with Gasteiger partial charge in [0.1, 0.15) is 12.4 Å². The van der Waals surface area contributed by atoms with Gasteiger partial charge in [-0.1, -0.05) is 19.9 Å². The van der Waals surface area contributed by atoms with Gasteiger partial charge in [0.05, 0.1) is 16.8 Å². The van der Waals surface area contributed by atoms with Gasteiger partial charge in [-0.15, -0.1) is 0 Å². The first-order chi connectivity index (χ1) is 12.2. The van der Waals surface area contributed by atoms with E-state index in [1.165, 1.54) is 6.07 Å². The summed E-state index contributed by atoms with van der Waals surface area (Å²) < 4.78 is 44.9. The van der Waals surface area contributed by atoms with Crippen molar-refractivity contribution in [2.75, 3.05) is 6.61 Å². The Bertz CT molecular complexity index is 647. The summed E-state index contributed by atoms with van der Waals surface area (Å²) in [5.41, 5.74) is 4.95. The van der Waals surface area contributed by atoms with Gasteiger partial charge in [0.25, 0.3) is 6.43 Å². The molecule has 1 aromatic carbocycles. The fourth-order valence-electron chi connectivity index (χ4n) is 3.23. The molecule has 0 radical (unpaired) electrons. The molecule has 1 saturated heterocycles. The summed E-state index contributed by atoms with van der Waals surface area (Å²) in [5.74, 6) is 0.537. The minimum Gasteiger partial charge on any atom is -0.491 e. The maximum absolute atomic E-state index is 13.6. The Labute approximate surface area is 161 Å². The molecule has 0 aromatic heterocycles. The van der Waals surface area contributed by atoms with Gasteiger partial charge in [0.2, 0.25) is 0 Å². The fourth-order valence-corrected chi connectivity index (χ4v) is 3.23. The first-order valence-corrected chi connectivity index (χ1v) is 9.43. The normalized spacial score (nSPS) is 21.0. The highest BCUT2D eigenvalue weighted by atomic mass is 19.3. The maximum Gasteiger partial charge on any atom is 0.494 e. The monoisotopic (exact) mass is 383 g/mol. The summed E-state index contributed by atoms with van der Waals surface area (Å²) in [7, 11) is -0.692. The molecule has 0 spiro atoms. The van der Waals surface area contributed by atoms with Crippen LogP contribution in [-0.2, 0) is 9.31 Å². The van der Waals surface area contributed by atoms with Crippen molar-refractivity contribution in [2.45, 2.75) is 78.1 Å². The molecule has 2 rings (SSSR count). The number of rotatable bonds is 7. The van der Waals surface area contributed by atoms with E-state index in [1.54, 1.807) is 12.1 Å². The van der Waals surface area contributed by atoms with Crippen molar-refractivity contribution < 1.29 is 22.8 Å². The van der Waals surface area contributed by atoms with E-state index in [0.717, 1.165) is 6.42 Å². The smallest absolute Gasteiger partial charge is 0.491 e. The highest BCUT2D eigenvalue weighted by Crippen LogP contribution is 2.37. The second-order valence-corrected chi connectivity index (χ2v) is 9.23. The van der Waals surface area contributed by atoms with E-state index < -0.39 is 30.3 Å². The lowest BCUT2D eigenvalue weighted by atomic mass is 9.78. The van der Waals surface area contributed by atoms with E-state index >= 15 is 0 Å². The summed E-state index contributed by atoms with van der Waals surface area (Å²) >= 11 is 0. The summed E-state index contributed by atoms with van der Waals surface area (Å²) in [6.45, 7) is 13.9. The Balaban J connectivity index is 2.20. The lowest BCUT2D eigenvalue weighted by Crippen LogP contribution is -2.43. The molecule has 152 valence electrons. The van der Waals surface area contributed by atoms with Crippen LogP contribution in [-0.4, -0.2) is 30.5 Å². The molecule has 1 unspecified atom stereocenters. The fraction of sp³-hybridized carbons (Fsp3) is 0.700. The van der Waals surface area contributed by atoms with Crippen molar-refractivity contribution >= 4 is 12.6 Å². The average Bonchev–Trinajstić information content (AvgIpc) is 2.72. The van der Waals surface area contributed by atoms with Crippen molar-refractivity contribution in [3.63, 3.8) is 0 Å². The molecule has 0 bridgehead atoms. The van der Waals surface area contributed by atoms with Gasteiger partial charge in [-0.25, -0.2) is 8.78 Å². The summed E-state index contributed by atoms with van der Waals surface area (Å²) in [6, 6.07) is 4.66. The largest absolute Gasteiger partial charge is 0.494 e. The van der Waals surface area contributed by atoms with Crippen molar-refractivity contribution in [3.8, 4) is 5.75 Å². The van der Waals surface area contributed by atoms with Crippen LogP contribution in [0.15, 0.2) is 18.2 Å². The quantitative estimate of drug-likeness (QED) is 0.722.